The lowest BCUT2D eigenvalue weighted by atomic mass is 9.94. The summed E-state index contributed by atoms with van der Waals surface area (Å²) in [7, 11) is 2.10. The minimum Gasteiger partial charge on any atom is -0.454 e. The molecule has 1 fully saturated rings. The highest BCUT2D eigenvalue weighted by atomic mass is 16.7. The van der Waals surface area contributed by atoms with E-state index in [2.05, 4.69) is 24.1 Å². The second-order valence-corrected chi connectivity index (χ2v) is 4.60. The molecule has 2 heterocycles. The molecule has 0 bridgehead atoms. The van der Waals surface area contributed by atoms with Gasteiger partial charge in [-0.25, -0.2) is 0 Å². The maximum atomic E-state index is 6.13. The average molecular weight is 220 g/mol. The van der Waals surface area contributed by atoms with Crippen LogP contribution < -0.4 is 15.2 Å². The fraction of sp³-hybridized carbons (Fsp3) is 0.500. The van der Waals surface area contributed by atoms with Crippen molar-refractivity contribution in [2.45, 2.75) is 12.0 Å². The van der Waals surface area contributed by atoms with Gasteiger partial charge >= 0.3 is 0 Å². The fourth-order valence-corrected chi connectivity index (χ4v) is 2.53. The van der Waals surface area contributed by atoms with Crippen LogP contribution in [-0.2, 0) is 0 Å². The van der Waals surface area contributed by atoms with Gasteiger partial charge in [0.05, 0.1) is 0 Å². The number of hydrogen-bond acceptors (Lipinski definition) is 4. The van der Waals surface area contributed by atoms with E-state index in [4.69, 9.17) is 15.2 Å². The molecule has 2 atom stereocenters. The number of likely N-dealkylation sites (N-methyl/N-ethyl adjacent to an activating group) is 1. The van der Waals surface area contributed by atoms with Crippen LogP contribution in [-0.4, -0.2) is 37.9 Å². The second-order valence-electron chi connectivity index (χ2n) is 4.60. The van der Waals surface area contributed by atoms with Crippen LogP contribution in [0.5, 0.6) is 11.5 Å². The molecule has 0 unspecified atom stereocenters. The third-order valence-electron chi connectivity index (χ3n) is 3.37. The Morgan fingerprint density at radius 2 is 2.06 bits per heavy atom. The summed E-state index contributed by atoms with van der Waals surface area (Å²) in [6, 6.07) is 6.34. The number of nitrogens with two attached hydrogens (primary N) is 1. The molecule has 0 amide bonds. The third kappa shape index (κ3) is 1.54. The van der Waals surface area contributed by atoms with Crippen LogP contribution >= 0.6 is 0 Å². The molecule has 0 spiro atoms. The van der Waals surface area contributed by atoms with Crippen molar-refractivity contribution in [1.82, 2.24) is 4.90 Å². The van der Waals surface area contributed by atoms with Gasteiger partial charge in [-0.1, -0.05) is 6.07 Å². The maximum Gasteiger partial charge on any atom is 0.231 e. The van der Waals surface area contributed by atoms with Crippen molar-refractivity contribution < 1.29 is 9.47 Å². The molecule has 0 aliphatic carbocycles. The quantitative estimate of drug-likeness (QED) is 0.759. The molecule has 4 nitrogen and oxygen atoms in total. The first-order valence-corrected chi connectivity index (χ1v) is 5.58. The largest absolute Gasteiger partial charge is 0.454 e. The van der Waals surface area contributed by atoms with Gasteiger partial charge in [-0.3, -0.25) is 0 Å². The van der Waals surface area contributed by atoms with Crippen molar-refractivity contribution in [3.8, 4) is 11.5 Å². The first-order chi connectivity index (χ1) is 7.74. The molecular formula is C12H16N2O2. The Morgan fingerprint density at radius 3 is 2.81 bits per heavy atom. The number of fused-ring (bicyclic) bond motifs is 1. The van der Waals surface area contributed by atoms with Crippen molar-refractivity contribution in [1.29, 1.82) is 0 Å². The molecule has 1 aromatic carbocycles. The lowest BCUT2D eigenvalue weighted by Crippen LogP contribution is -2.27. The Bertz CT molecular complexity index is 408. The molecule has 0 radical (unpaired) electrons. The van der Waals surface area contributed by atoms with Crippen molar-refractivity contribution >= 4 is 0 Å². The van der Waals surface area contributed by atoms with Crippen LogP contribution in [0.2, 0.25) is 0 Å². The SMILES string of the molecule is CN1C[C@@H](N)[C@@H](c2ccc3c(c2)OCO3)C1. The smallest absolute Gasteiger partial charge is 0.231 e. The Hall–Kier alpha value is -1.26. The zero-order valence-electron chi connectivity index (χ0n) is 9.35. The Morgan fingerprint density at radius 1 is 1.25 bits per heavy atom. The lowest BCUT2D eigenvalue weighted by molar-refractivity contribution is 0.174. The van der Waals surface area contributed by atoms with E-state index in [-0.39, 0.29) is 6.04 Å². The number of rotatable bonds is 1. The predicted octanol–water partition coefficient (Wildman–Crippen LogP) is 0.772. The lowest BCUT2D eigenvalue weighted by Gasteiger charge is -2.14. The average Bonchev–Trinajstić information content (AvgIpc) is 2.83. The van der Waals surface area contributed by atoms with Gasteiger partial charge in [-0.2, -0.15) is 0 Å². The van der Waals surface area contributed by atoms with Crippen LogP contribution in [0, 0.1) is 0 Å². The Balaban J connectivity index is 1.89. The first-order valence-electron chi connectivity index (χ1n) is 5.58. The second kappa shape index (κ2) is 3.64. The molecule has 1 aromatic rings. The van der Waals surface area contributed by atoms with Crippen molar-refractivity contribution in [2.24, 2.45) is 5.73 Å². The number of likely N-dealkylation sites (tertiary alicyclic amines) is 1. The van der Waals surface area contributed by atoms with Crippen LogP contribution in [0.15, 0.2) is 18.2 Å². The molecule has 0 aromatic heterocycles. The normalized spacial score (nSPS) is 28.6. The van der Waals surface area contributed by atoms with E-state index in [1.807, 2.05) is 6.07 Å². The first kappa shape index (κ1) is 9.93. The van der Waals surface area contributed by atoms with Gasteiger partial charge in [0.1, 0.15) is 0 Å². The van der Waals surface area contributed by atoms with Crippen molar-refractivity contribution in [3.63, 3.8) is 0 Å². The molecule has 86 valence electrons. The van der Waals surface area contributed by atoms with Gasteiger partial charge in [0.15, 0.2) is 11.5 Å². The topological polar surface area (TPSA) is 47.7 Å². The van der Waals surface area contributed by atoms with Crippen LogP contribution in [0.1, 0.15) is 11.5 Å². The van der Waals surface area contributed by atoms with Gasteiger partial charge in [-0.05, 0) is 24.7 Å². The zero-order valence-corrected chi connectivity index (χ0v) is 9.35. The molecule has 2 aliphatic heterocycles. The zero-order chi connectivity index (χ0) is 11.1. The summed E-state index contributed by atoms with van der Waals surface area (Å²) >= 11 is 0. The summed E-state index contributed by atoms with van der Waals surface area (Å²) in [6.07, 6.45) is 0. The van der Waals surface area contributed by atoms with E-state index in [0.29, 0.717) is 12.7 Å². The molecule has 2 N–H and O–H groups in total. The molecule has 3 rings (SSSR count). The summed E-state index contributed by atoms with van der Waals surface area (Å²) in [4.78, 5) is 2.26. The molecular weight excluding hydrogens is 204 g/mol. The predicted molar refractivity (Wildman–Crippen MR) is 60.8 cm³/mol. The Kier molecular flexibility index (Phi) is 2.26. The standard InChI is InChI=1S/C12H16N2O2/c1-14-5-9(10(13)6-14)8-2-3-11-12(4-8)16-7-15-11/h2-4,9-10H,5-7,13H2,1H3/t9-,10-/m1/s1. The third-order valence-corrected chi connectivity index (χ3v) is 3.37. The van der Waals surface area contributed by atoms with E-state index in [0.717, 1.165) is 24.6 Å². The van der Waals surface area contributed by atoms with E-state index in [1.54, 1.807) is 0 Å². The monoisotopic (exact) mass is 220 g/mol. The number of benzene rings is 1. The minimum absolute atomic E-state index is 0.213. The van der Waals surface area contributed by atoms with E-state index < -0.39 is 0 Å². The molecule has 2 aliphatic rings. The number of hydrogen-bond donors (Lipinski definition) is 1. The minimum atomic E-state index is 0.213. The highest BCUT2D eigenvalue weighted by Gasteiger charge is 2.30. The highest BCUT2D eigenvalue weighted by Crippen LogP contribution is 2.36. The van der Waals surface area contributed by atoms with E-state index in [1.165, 1.54) is 5.56 Å². The van der Waals surface area contributed by atoms with Gasteiger partial charge in [-0.15, -0.1) is 0 Å². The van der Waals surface area contributed by atoms with Gasteiger partial charge < -0.3 is 20.1 Å². The van der Waals surface area contributed by atoms with E-state index >= 15 is 0 Å². The number of nitrogens with zero attached hydrogens (tertiary/aromatic N) is 1. The van der Waals surface area contributed by atoms with Crippen LogP contribution in [0.4, 0.5) is 0 Å². The van der Waals surface area contributed by atoms with Crippen molar-refractivity contribution in [3.05, 3.63) is 23.8 Å². The Labute approximate surface area is 94.9 Å². The molecule has 4 heteroatoms. The highest BCUT2D eigenvalue weighted by molar-refractivity contribution is 5.46. The van der Waals surface area contributed by atoms with Gasteiger partial charge in [0.25, 0.3) is 0 Å². The summed E-state index contributed by atoms with van der Waals surface area (Å²) in [5.41, 5.74) is 7.38. The summed E-state index contributed by atoms with van der Waals surface area (Å²) < 4.78 is 10.7. The molecule has 1 saturated heterocycles. The molecule has 16 heavy (non-hydrogen) atoms. The van der Waals surface area contributed by atoms with Gasteiger partial charge in [0.2, 0.25) is 6.79 Å². The fourth-order valence-electron chi connectivity index (χ4n) is 2.53. The van der Waals surface area contributed by atoms with Crippen LogP contribution in [0.25, 0.3) is 0 Å². The van der Waals surface area contributed by atoms with Gasteiger partial charge in [0, 0.05) is 25.0 Å². The summed E-state index contributed by atoms with van der Waals surface area (Å²) in [5, 5.41) is 0. The van der Waals surface area contributed by atoms with Crippen LogP contribution in [0.3, 0.4) is 0 Å². The molecule has 0 saturated carbocycles. The van der Waals surface area contributed by atoms with Crippen molar-refractivity contribution in [2.75, 3.05) is 26.9 Å². The summed E-state index contributed by atoms with van der Waals surface area (Å²) in [6.45, 7) is 2.30. The maximum absolute atomic E-state index is 6.13. The number of ether oxygens (including phenoxy) is 2. The van der Waals surface area contributed by atoms with E-state index in [9.17, 15) is 0 Å². The summed E-state index contributed by atoms with van der Waals surface area (Å²) in [5.74, 6) is 2.09.